The normalized spacial score (nSPS) is 18.1. The van der Waals surface area contributed by atoms with Gasteiger partial charge in [-0.2, -0.15) is 0 Å². The van der Waals surface area contributed by atoms with E-state index in [9.17, 15) is 0 Å². The Morgan fingerprint density at radius 1 is 1.12 bits per heavy atom. The van der Waals surface area contributed by atoms with Crippen LogP contribution in [-0.2, 0) is 13.1 Å². The van der Waals surface area contributed by atoms with Crippen LogP contribution in [0.15, 0.2) is 65.6 Å². The smallest absolute Gasteiger partial charge is 0.124 e. The molecule has 0 amide bonds. The van der Waals surface area contributed by atoms with Gasteiger partial charge in [0.2, 0.25) is 0 Å². The molecule has 1 unspecified atom stereocenters. The molecule has 1 aliphatic heterocycles. The number of furan rings is 1. The van der Waals surface area contributed by atoms with Gasteiger partial charge in [0, 0.05) is 42.7 Å². The SMILES string of the molecule is COc1ccccc1C1c2cccn2CCCN1Cc1ccoc1. The zero-order chi connectivity index (χ0) is 16.4. The summed E-state index contributed by atoms with van der Waals surface area (Å²) in [7, 11) is 1.75. The first kappa shape index (κ1) is 15.1. The second kappa shape index (κ2) is 6.57. The number of benzene rings is 1. The molecule has 0 aliphatic carbocycles. The second-order valence-electron chi connectivity index (χ2n) is 6.23. The lowest BCUT2D eigenvalue weighted by Gasteiger charge is -2.31. The van der Waals surface area contributed by atoms with Gasteiger partial charge >= 0.3 is 0 Å². The van der Waals surface area contributed by atoms with Gasteiger partial charge in [-0.3, -0.25) is 4.90 Å². The number of aryl methyl sites for hydroxylation is 1. The summed E-state index contributed by atoms with van der Waals surface area (Å²) in [6, 6.07) is 14.9. The van der Waals surface area contributed by atoms with Gasteiger partial charge in [-0.25, -0.2) is 0 Å². The van der Waals surface area contributed by atoms with Gasteiger partial charge in [0.05, 0.1) is 25.7 Å². The number of nitrogens with zero attached hydrogens (tertiary/aromatic N) is 2. The Kier molecular flexibility index (Phi) is 4.13. The number of rotatable bonds is 4. The Morgan fingerprint density at radius 2 is 2.04 bits per heavy atom. The van der Waals surface area contributed by atoms with E-state index in [1.807, 2.05) is 24.5 Å². The van der Waals surface area contributed by atoms with E-state index in [-0.39, 0.29) is 6.04 Å². The minimum atomic E-state index is 0.175. The lowest BCUT2D eigenvalue weighted by Crippen LogP contribution is -2.29. The van der Waals surface area contributed by atoms with Crippen molar-refractivity contribution >= 4 is 0 Å². The Morgan fingerprint density at radius 3 is 2.88 bits per heavy atom. The van der Waals surface area contributed by atoms with E-state index in [0.29, 0.717) is 0 Å². The van der Waals surface area contributed by atoms with Crippen LogP contribution in [-0.4, -0.2) is 23.1 Å². The van der Waals surface area contributed by atoms with Crippen LogP contribution in [0.5, 0.6) is 5.75 Å². The summed E-state index contributed by atoms with van der Waals surface area (Å²) in [6.45, 7) is 2.95. The van der Waals surface area contributed by atoms with Crippen LogP contribution in [0.4, 0.5) is 0 Å². The van der Waals surface area contributed by atoms with Crippen LogP contribution in [0.1, 0.15) is 29.3 Å². The van der Waals surface area contributed by atoms with Gasteiger partial charge in [0.25, 0.3) is 0 Å². The molecule has 4 heteroatoms. The maximum absolute atomic E-state index is 5.66. The first-order valence-corrected chi connectivity index (χ1v) is 8.40. The van der Waals surface area contributed by atoms with E-state index in [1.54, 1.807) is 13.4 Å². The Labute approximate surface area is 142 Å². The highest BCUT2D eigenvalue weighted by Gasteiger charge is 2.29. The van der Waals surface area contributed by atoms with E-state index in [0.717, 1.165) is 31.8 Å². The van der Waals surface area contributed by atoms with Crippen molar-refractivity contribution in [1.29, 1.82) is 0 Å². The summed E-state index contributed by atoms with van der Waals surface area (Å²) in [5, 5.41) is 0. The standard InChI is InChI=1S/C20H22N2O2/c1-23-19-8-3-2-6-17(19)20-18-7-4-10-21(18)11-5-12-22(20)14-16-9-13-24-15-16/h2-4,6-10,13,15,20H,5,11-12,14H2,1H3. The lowest BCUT2D eigenvalue weighted by molar-refractivity contribution is 0.216. The first-order chi connectivity index (χ1) is 11.9. The van der Waals surface area contributed by atoms with E-state index in [2.05, 4.69) is 39.9 Å². The topological polar surface area (TPSA) is 30.5 Å². The molecule has 4 nitrogen and oxygen atoms in total. The molecule has 24 heavy (non-hydrogen) atoms. The van der Waals surface area contributed by atoms with E-state index < -0.39 is 0 Å². The highest BCUT2D eigenvalue weighted by molar-refractivity contribution is 5.41. The fourth-order valence-electron chi connectivity index (χ4n) is 3.68. The summed E-state index contributed by atoms with van der Waals surface area (Å²) in [5.41, 5.74) is 3.74. The quantitative estimate of drug-likeness (QED) is 0.725. The summed E-state index contributed by atoms with van der Waals surface area (Å²) in [6.07, 6.45) is 6.89. The molecule has 0 N–H and O–H groups in total. The molecule has 0 fully saturated rings. The van der Waals surface area contributed by atoms with Crippen molar-refractivity contribution < 1.29 is 9.15 Å². The first-order valence-electron chi connectivity index (χ1n) is 8.40. The molecule has 0 radical (unpaired) electrons. The van der Waals surface area contributed by atoms with Crippen LogP contribution in [0.3, 0.4) is 0 Å². The zero-order valence-electron chi connectivity index (χ0n) is 13.9. The minimum absolute atomic E-state index is 0.175. The molecule has 124 valence electrons. The van der Waals surface area contributed by atoms with Crippen LogP contribution in [0, 0.1) is 0 Å². The number of ether oxygens (including phenoxy) is 1. The van der Waals surface area contributed by atoms with Crippen molar-refractivity contribution in [3.8, 4) is 5.75 Å². The predicted octanol–water partition coefficient (Wildman–Crippen LogP) is 4.09. The average Bonchev–Trinajstić information content (AvgIpc) is 3.25. The van der Waals surface area contributed by atoms with Crippen molar-refractivity contribution in [1.82, 2.24) is 9.47 Å². The van der Waals surface area contributed by atoms with Crippen molar-refractivity contribution in [2.45, 2.75) is 25.6 Å². The lowest BCUT2D eigenvalue weighted by atomic mass is 10.00. The molecular formula is C20H22N2O2. The molecule has 4 rings (SSSR count). The van der Waals surface area contributed by atoms with Gasteiger partial charge < -0.3 is 13.7 Å². The van der Waals surface area contributed by atoms with Gasteiger partial charge in [-0.05, 0) is 30.7 Å². The van der Waals surface area contributed by atoms with Gasteiger partial charge in [0.1, 0.15) is 5.75 Å². The second-order valence-corrected chi connectivity index (χ2v) is 6.23. The Hall–Kier alpha value is -2.46. The maximum Gasteiger partial charge on any atom is 0.124 e. The van der Waals surface area contributed by atoms with Crippen molar-refractivity contribution in [2.24, 2.45) is 0 Å². The van der Waals surface area contributed by atoms with Gasteiger partial charge in [-0.15, -0.1) is 0 Å². The van der Waals surface area contributed by atoms with Gasteiger partial charge in [0.15, 0.2) is 0 Å². The molecule has 0 saturated carbocycles. The average molecular weight is 322 g/mol. The molecule has 0 saturated heterocycles. The summed E-state index contributed by atoms with van der Waals surface area (Å²) >= 11 is 0. The third kappa shape index (κ3) is 2.74. The highest BCUT2D eigenvalue weighted by atomic mass is 16.5. The fourth-order valence-corrected chi connectivity index (χ4v) is 3.68. The summed E-state index contributed by atoms with van der Waals surface area (Å²) in [4.78, 5) is 2.52. The number of aromatic nitrogens is 1. The van der Waals surface area contributed by atoms with E-state index >= 15 is 0 Å². The molecular weight excluding hydrogens is 300 g/mol. The summed E-state index contributed by atoms with van der Waals surface area (Å²) in [5.74, 6) is 0.939. The third-order valence-electron chi connectivity index (χ3n) is 4.75. The molecule has 1 atom stereocenters. The van der Waals surface area contributed by atoms with Gasteiger partial charge in [-0.1, -0.05) is 18.2 Å². The molecule has 0 spiro atoms. The van der Waals surface area contributed by atoms with E-state index in [1.165, 1.54) is 16.8 Å². The largest absolute Gasteiger partial charge is 0.496 e. The van der Waals surface area contributed by atoms with Crippen molar-refractivity contribution in [2.75, 3.05) is 13.7 Å². The van der Waals surface area contributed by atoms with Crippen LogP contribution in [0.25, 0.3) is 0 Å². The van der Waals surface area contributed by atoms with Crippen molar-refractivity contribution in [3.63, 3.8) is 0 Å². The molecule has 0 bridgehead atoms. The monoisotopic (exact) mass is 322 g/mol. The predicted molar refractivity (Wildman–Crippen MR) is 93.0 cm³/mol. The number of para-hydroxylation sites is 1. The Bertz CT molecular complexity index is 792. The molecule has 1 aliphatic rings. The van der Waals surface area contributed by atoms with Crippen LogP contribution in [0.2, 0.25) is 0 Å². The van der Waals surface area contributed by atoms with E-state index in [4.69, 9.17) is 9.15 Å². The third-order valence-corrected chi connectivity index (χ3v) is 4.75. The Balaban J connectivity index is 1.79. The molecule has 3 heterocycles. The summed E-state index contributed by atoms with van der Waals surface area (Å²) < 4.78 is 13.3. The number of methoxy groups -OCH3 is 1. The minimum Gasteiger partial charge on any atom is -0.496 e. The van der Waals surface area contributed by atoms with Crippen molar-refractivity contribution in [3.05, 3.63) is 78.0 Å². The number of hydrogen-bond acceptors (Lipinski definition) is 3. The maximum atomic E-state index is 5.66. The zero-order valence-corrected chi connectivity index (χ0v) is 13.9. The van der Waals surface area contributed by atoms with Crippen LogP contribution >= 0.6 is 0 Å². The highest BCUT2D eigenvalue weighted by Crippen LogP contribution is 2.37. The number of fused-ring (bicyclic) bond motifs is 1. The molecule has 3 aromatic rings. The molecule has 2 aromatic heterocycles. The van der Waals surface area contributed by atoms with Crippen LogP contribution < -0.4 is 4.74 Å². The number of hydrogen-bond donors (Lipinski definition) is 0. The molecule has 1 aromatic carbocycles. The fraction of sp³-hybridized carbons (Fsp3) is 0.300.